The molecule has 13 heteroatoms. The summed E-state index contributed by atoms with van der Waals surface area (Å²) < 4.78 is 79.8. The third-order valence-corrected chi connectivity index (χ3v) is 4.86. The summed E-state index contributed by atoms with van der Waals surface area (Å²) in [6.07, 6.45) is -7.10. The molecule has 0 radical (unpaired) electrons. The van der Waals surface area contributed by atoms with Crippen LogP contribution in [-0.2, 0) is 6.18 Å². The zero-order valence-corrected chi connectivity index (χ0v) is 18.1. The van der Waals surface area contributed by atoms with Crippen molar-refractivity contribution in [1.29, 1.82) is 0 Å². The van der Waals surface area contributed by atoms with Gasteiger partial charge < -0.3 is 10.4 Å². The number of alkyl halides is 6. The van der Waals surface area contributed by atoms with Crippen molar-refractivity contribution in [3.05, 3.63) is 76.3 Å². The lowest BCUT2D eigenvalue weighted by Gasteiger charge is -2.31. The van der Waals surface area contributed by atoms with E-state index in [-0.39, 0.29) is 16.9 Å². The molecule has 0 saturated heterocycles. The Bertz CT molecular complexity index is 1250. The van der Waals surface area contributed by atoms with Crippen molar-refractivity contribution in [3.8, 4) is 16.9 Å². The van der Waals surface area contributed by atoms with Crippen LogP contribution in [0.15, 0.2) is 59.7 Å². The van der Waals surface area contributed by atoms with Gasteiger partial charge in [0.15, 0.2) is 6.04 Å². The van der Waals surface area contributed by atoms with Crippen LogP contribution in [0.2, 0.25) is 0 Å². The number of rotatable bonds is 5. The van der Waals surface area contributed by atoms with Gasteiger partial charge in [-0.05, 0) is 44.2 Å². The maximum Gasteiger partial charge on any atom is 0.416 e. The molecule has 0 aliphatic rings. The molecule has 3 aromatic rings. The van der Waals surface area contributed by atoms with Crippen molar-refractivity contribution in [3.63, 3.8) is 0 Å². The number of aliphatic hydroxyl groups is 1. The lowest BCUT2D eigenvalue weighted by Crippen LogP contribution is -2.58. The lowest BCUT2D eigenvalue weighted by molar-refractivity contribution is -0.192. The Morgan fingerprint density at radius 1 is 1.06 bits per heavy atom. The lowest BCUT2D eigenvalue weighted by atomic mass is 9.98. The number of halogens is 6. The Hall–Kier alpha value is -3.74. The van der Waals surface area contributed by atoms with Crippen LogP contribution in [-0.4, -0.2) is 43.6 Å². The first-order chi connectivity index (χ1) is 16.1. The minimum absolute atomic E-state index is 0.0511. The fourth-order valence-corrected chi connectivity index (χ4v) is 3.15. The first-order valence-electron chi connectivity index (χ1n) is 9.91. The van der Waals surface area contributed by atoms with Crippen molar-refractivity contribution < 1.29 is 36.2 Å². The number of hydrogen-bond acceptors (Lipinski definition) is 5. The molecule has 2 aromatic heterocycles. The van der Waals surface area contributed by atoms with Gasteiger partial charge in [-0.3, -0.25) is 14.6 Å². The summed E-state index contributed by atoms with van der Waals surface area (Å²) in [6.45, 7) is 1.67. The van der Waals surface area contributed by atoms with Crippen LogP contribution in [0.4, 0.5) is 26.3 Å². The topological polar surface area (TPSA) is 97.1 Å². The summed E-state index contributed by atoms with van der Waals surface area (Å²) in [5.74, 6) is -1.47. The number of nitrogens with one attached hydrogen (secondary N) is 1. The van der Waals surface area contributed by atoms with Crippen LogP contribution in [0, 0.1) is 0 Å². The van der Waals surface area contributed by atoms with Gasteiger partial charge >= 0.3 is 12.4 Å². The van der Waals surface area contributed by atoms with Crippen molar-refractivity contribution in [2.24, 2.45) is 0 Å². The number of hydrogen-bond donors (Lipinski definition) is 2. The summed E-state index contributed by atoms with van der Waals surface area (Å²) in [6, 6.07) is 4.55. The predicted molar refractivity (Wildman–Crippen MR) is 112 cm³/mol. The summed E-state index contributed by atoms with van der Waals surface area (Å²) in [5.41, 5.74) is -5.34. The number of carbonyl (C=O) groups is 1. The van der Waals surface area contributed by atoms with E-state index in [4.69, 9.17) is 0 Å². The van der Waals surface area contributed by atoms with E-state index in [0.29, 0.717) is 4.68 Å². The predicted octanol–water partition coefficient (Wildman–Crippen LogP) is 3.74. The average molecular weight is 500 g/mol. The van der Waals surface area contributed by atoms with Gasteiger partial charge in [-0.25, -0.2) is 0 Å². The van der Waals surface area contributed by atoms with E-state index in [1.165, 1.54) is 24.5 Å². The summed E-state index contributed by atoms with van der Waals surface area (Å²) >= 11 is 0. The van der Waals surface area contributed by atoms with Gasteiger partial charge in [0.25, 0.3) is 11.5 Å². The molecule has 2 heterocycles. The number of benzene rings is 1. The molecular weight excluding hydrogens is 482 g/mol. The Morgan fingerprint density at radius 2 is 1.69 bits per heavy atom. The minimum atomic E-state index is -5.06. The van der Waals surface area contributed by atoms with Crippen molar-refractivity contribution in [2.75, 3.05) is 0 Å². The maximum absolute atomic E-state index is 13.4. The van der Waals surface area contributed by atoms with Gasteiger partial charge in [-0.1, -0.05) is 12.1 Å². The molecule has 2 N–H and O–H groups in total. The van der Waals surface area contributed by atoms with E-state index < -0.39 is 46.6 Å². The molecule has 186 valence electrons. The molecule has 3 rings (SSSR count). The Labute approximate surface area is 194 Å². The third kappa shape index (κ3) is 5.85. The number of pyridine rings is 1. The molecule has 0 fully saturated rings. The summed E-state index contributed by atoms with van der Waals surface area (Å²) in [4.78, 5) is 29.6. The average Bonchev–Trinajstić information content (AvgIpc) is 2.76. The molecule has 0 aliphatic carbocycles. The maximum atomic E-state index is 13.4. The SMILES string of the molecule is CC(C)(O)C(NC(=O)c1cc(-c2ccc(C(F)(F)F)cc2)nn(-c2cccnc2)c1=O)C(F)(F)F. The van der Waals surface area contributed by atoms with Crippen LogP contribution < -0.4 is 10.9 Å². The molecule has 1 atom stereocenters. The molecule has 0 aliphatic heterocycles. The van der Waals surface area contributed by atoms with E-state index in [1.807, 2.05) is 0 Å². The first kappa shape index (κ1) is 25.9. The van der Waals surface area contributed by atoms with Crippen molar-refractivity contribution in [2.45, 2.75) is 37.8 Å². The smallest absolute Gasteiger partial charge is 0.388 e. The highest BCUT2D eigenvalue weighted by molar-refractivity contribution is 5.95. The van der Waals surface area contributed by atoms with Gasteiger partial charge in [0, 0.05) is 11.8 Å². The highest BCUT2D eigenvalue weighted by Crippen LogP contribution is 2.31. The molecule has 1 aromatic carbocycles. The van der Waals surface area contributed by atoms with Crippen LogP contribution >= 0.6 is 0 Å². The molecule has 0 spiro atoms. The molecule has 1 unspecified atom stereocenters. The minimum Gasteiger partial charge on any atom is -0.388 e. The highest BCUT2D eigenvalue weighted by atomic mass is 19.4. The number of nitrogens with zero attached hydrogens (tertiary/aromatic N) is 3. The fraction of sp³-hybridized carbons (Fsp3) is 0.273. The first-order valence-corrected chi connectivity index (χ1v) is 9.91. The molecule has 0 bridgehead atoms. The third-order valence-electron chi connectivity index (χ3n) is 4.86. The standard InChI is InChI=1S/C22H18F6N4O3/c1-20(2,35)19(22(26,27)28)30-17(33)15-10-16(12-5-7-13(8-6-12)21(23,24)25)31-32(18(15)34)14-4-3-9-29-11-14/h3-11,19,35H,1-2H3,(H,30,33). The van der Waals surface area contributed by atoms with Crippen molar-refractivity contribution >= 4 is 5.91 Å². The van der Waals surface area contributed by atoms with Gasteiger partial charge in [0.05, 0.1) is 28.7 Å². The van der Waals surface area contributed by atoms with E-state index in [1.54, 1.807) is 5.32 Å². The number of carbonyl (C=O) groups excluding carboxylic acids is 1. The van der Waals surface area contributed by atoms with Crippen LogP contribution in [0.3, 0.4) is 0 Å². The largest absolute Gasteiger partial charge is 0.416 e. The molecule has 0 saturated carbocycles. The van der Waals surface area contributed by atoms with E-state index in [2.05, 4.69) is 10.1 Å². The van der Waals surface area contributed by atoms with Gasteiger partial charge in [-0.2, -0.15) is 36.1 Å². The summed E-state index contributed by atoms with van der Waals surface area (Å²) in [5, 5.41) is 15.6. The second-order valence-electron chi connectivity index (χ2n) is 8.05. The van der Waals surface area contributed by atoms with Gasteiger partial charge in [0.2, 0.25) is 0 Å². The number of aromatic nitrogens is 3. The van der Waals surface area contributed by atoms with Crippen LogP contribution in [0.1, 0.15) is 29.8 Å². The Balaban J connectivity index is 2.16. The van der Waals surface area contributed by atoms with E-state index >= 15 is 0 Å². The molecule has 35 heavy (non-hydrogen) atoms. The van der Waals surface area contributed by atoms with E-state index in [9.17, 15) is 41.0 Å². The number of amides is 1. The zero-order chi connectivity index (χ0) is 26.2. The van der Waals surface area contributed by atoms with Gasteiger partial charge in [0.1, 0.15) is 5.56 Å². The fourth-order valence-electron chi connectivity index (χ4n) is 3.15. The van der Waals surface area contributed by atoms with E-state index in [0.717, 1.165) is 44.2 Å². The second-order valence-corrected chi connectivity index (χ2v) is 8.05. The summed E-state index contributed by atoms with van der Waals surface area (Å²) in [7, 11) is 0. The molecule has 7 nitrogen and oxygen atoms in total. The quantitative estimate of drug-likeness (QED) is 0.521. The van der Waals surface area contributed by atoms with Gasteiger partial charge in [-0.15, -0.1) is 0 Å². The monoisotopic (exact) mass is 500 g/mol. The Morgan fingerprint density at radius 3 is 2.17 bits per heavy atom. The molecular formula is C22H18F6N4O3. The Kier molecular flexibility index (Phi) is 6.75. The van der Waals surface area contributed by atoms with Crippen LogP contribution in [0.5, 0.6) is 0 Å². The highest BCUT2D eigenvalue weighted by Gasteiger charge is 2.49. The second kappa shape index (κ2) is 9.13. The normalized spacial score (nSPS) is 13.4. The molecule has 1 amide bonds. The zero-order valence-electron chi connectivity index (χ0n) is 18.1. The van der Waals surface area contributed by atoms with Crippen LogP contribution in [0.25, 0.3) is 16.9 Å². The van der Waals surface area contributed by atoms with Crippen molar-refractivity contribution in [1.82, 2.24) is 20.1 Å².